The van der Waals surface area contributed by atoms with Crippen molar-refractivity contribution in [1.29, 1.82) is 0 Å². The molecule has 33 heavy (non-hydrogen) atoms. The Balaban J connectivity index is 1.90. The number of aliphatic hydroxyl groups is 1. The van der Waals surface area contributed by atoms with E-state index < -0.39 is 11.3 Å². The largest absolute Gasteiger partial charge is 0.364 e. The van der Waals surface area contributed by atoms with Gasteiger partial charge in [-0.3, -0.25) is 14.6 Å². The van der Waals surface area contributed by atoms with Gasteiger partial charge < -0.3 is 10.0 Å². The lowest BCUT2D eigenvalue weighted by Crippen LogP contribution is -2.62. The normalized spacial score (nSPS) is 24.2. The Morgan fingerprint density at radius 3 is 2.12 bits per heavy atom. The smallest absolute Gasteiger partial charge is 0.328 e. The van der Waals surface area contributed by atoms with E-state index in [0.29, 0.717) is 35.5 Å². The van der Waals surface area contributed by atoms with Crippen LogP contribution < -0.4 is 9.80 Å². The highest BCUT2D eigenvalue weighted by Gasteiger charge is 2.75. The molecule has 2 aliphatic heterocycles. The van der Waals surface area contributed by atoms with Crippen LogP contribution in [0.4, 0.5) is 16.2 Å². The van der Waals surface area contributed by atoms with E-state index in [1.165, 1.54) is 9.80 Å². The van der Waals surface area contributed by atoms with Gasteiger partial charge in [-0.25, -0.2) is 4.79 Å². The Morgan fingerprint density at radius 1 is 0.848 bits per heavy atom. The summed E-state index contributed by atoms with van der Waals surface area (Å²) in [6.07, 6.45) is 1.54. The topological polar surface area (TPSA) is 64.1 Å². The number of anilines is 2. The molecular formula is C27H27N3O3. The van der Waals surface area contributed by atoms with Gasteiger partial charge in [0.05, 0.1) is 0 Å². The molecule has 2 atom stereocenters. The van der Waals surface area contributed by atoms with Crippen LogP contribution in [0, 0.1) is 0 Å². The number of hydrogen-bond acceptors (Lipinski definition) is 3. The highest BCUT2D eigenvalue weighted by atomic mass is 16.3. The van der Waals surface area contributed by atoms with Crippen molar-refractivity contribution in [2.24, 2.45) is 0 Å². The van der Waals surface area contributed by atoms with Crippen LogP contribution >= 0.6 is 0 Å². The second kappa shape index (κ2) is 7.74. The van der Waals surface area contributed by atoms with E-state index in [-0.39, 0.29) is 11.9 Å². The summed E-state index contributed by atoms with van der Waals surface area (Å²) in [4.78, 5) is 32.9. The summed E-state index contributed by atoms with van der Waals surface area (Å²) in [5.41, 5.74) is -1.22. The monoisotopic (exact) mass is 441 g/mol. The van der Waals surface area contributed by atoms with Crippen molar-refractivity contribution >= 4 is 23.3 Å². The van der Waals surface area contributed by atoms with Gasteiger partial charge in [0.15, 0.2) is 0 Å². The Morgan fingerprint density at radius 2 is 1.45 bits per heavy atom. The van der Waals surface area contributed by atoms with Crippen LogP contribution in [-0.4, -0.2) is 35.5 Å². The number of likely N-dealkylation sites (N-methyl/N-ethyl adjacent to an activating group) is 1. The number of carbonyl (C=O) groups excluding carboxylic acids is 2. The molecule has 6 heteroatoms. The molecule has 168 valence electrons. The minimum absolute atomic E-state index is 0.324. The standard InChI is InChI=1S/C27H27N3O3/c1-3-4-19-29-25(32)30(21-15-9-6-10-16-21)26(27(29,33)20-13-7-5-8-14-20)22-17-11-12-18-23(22)28(2)24(26)31/h5-18,33H,3-4,19H2,1-2H3/t26-,27+/m0/s1. The Kier molecular flexibility index (Phi) is 4.98. The number of benzene rings is 3. The van der Waals surface area contributed by atoms with Crippen molar-refractivity contribution in [1.82, 2.24) is 4.90 Å². The van der Waals surface area contributed by atoms with Crippen LogP contribution in [0.2, 0.25) is 0 Å². The second-order valence-electron chi connectivity index (χ2n) is 8.59. The van der Waals surface area contributed by atoms with Crippen molar-refractivity contribution < 1.29 is 14.7 Å². The summed E-state index contributed by atoms with van der Waals surface area (Å²) in [6.45, 7) is 2.36. The van der Waals surface area contributed by atoms with E-state index in [1.54, 1.807) is 24.1 Å². The number of hydrogen-bond donors (Lipinski definition) is 1. The van der Waals surface area contributed by atoms with Gasteiger partial charge >= 0.3 is 6.03 Å². The minimum atomic E-state index is -1.91. The summed E-state index contributed by atoms with van der Waals surface area (Å²) in [6, 6.07) is 25.3. The van der Waals surface area contributed by atoms with E-state index >= 15 is 0 Å². The molecule has 3 amide bonds. The Hall–Kier alpha value is -3.64. The number of nitrogens with zero attached hydrogens (tertiary/aromatic N) is 3. The van der Waals surface area contributed by atoms with Crippen LogP contribution in [0.5, 0.6) is 0 Å². The van der Waals surface area contributed by atoms with Gasteiger partial charge in [0.2, 0.25) is 11.3 Å². The molecule has 2 heterocycles. The Bertz CT molecular complexity index is 1200. The lowest BCUT2D eigenvalue weighted by atomic mass is 9.76. The maximum Gasteiger partial charge on any atom is 0.328 e. The third-order valence-corrected chi connectivity index (χ3v) is 6.85. The summed E-state index contributed by atoms with van der Waals surface area (Å²) < 4.78 is 0. The average molecular weight is 442 g/mol. The summed E-state index contributed by atoms with van der Waals surface area (Å²) >= 11 is 0. The molecule has 1 N–H and O–H groups in total. The van der Waals surface area contributed by atoms with E-state index in [9.17, 15) is 14.7 Å². The average Bonchev–Trinajstić information content (AvgIpc) is 3.21. The maximum atomic E-state index is 14.3. The van der Waals surface area contributed by atoms with Crippen molar-refractivity contribution in [2.75, 3.05) is 23.4 Å². The molecule has 0 radical (unpaired) electrons. The van der Waals surface area contributed by atoms with Gasteiger partial charge in [-0.2, -0.15) is 0 Å². The zero-order chi connectivity index (χ0) is 23.2. The van der Waals surface area contributed by atoms with E-state index in [4.69, 9.17) is 0 Å². The quantitative estimate of drug-likeness (QED) is 0.636. The number of para-hydroxylation sites is 2. The number of amides is 3. The lowest BCUT2D eigenvalue weighted by Gasteiger charge is -2.43. The van der Waals surface area contributed by atoms with E-state index in [1.807, 2.05) is 79.7 Å². The highest BCUT2D eigenvalue weighted by Crippen LogP contribution is 2.59. The van der Waals surface area contributed by atoms with Crippen molar-refractivity contribution in [3.63, 3.8) is 0 Å². The number of fused-ring (bicyclic) bond motifs is 2. The molecule has 1 fully saturated rings. The van der Waals surface area contributed by atoms with E-state index in [0.717, 1.165) is 6.42 Å². The minimum Gasteiger partial charge on any atom is -0.364 e. The lowest BCUT2D eigenvalue weighted by molar-refractivity contribution is -0.150. The van der Waals surface area contributed by atoms with Crippen molar-refractivity contribution in [3.05, 3.63) is 96.1 Å². The molecule has 1 spiro atoms. The molecule has 2 aliphatic rings. The zero-order valence-corrected chi connectivity index (χ0v) is 18.8. The fraction of sp³-hybridized carbons (Fsp3) is 0.259. The number of carbonyl (C=O) groups is 2. The summed E-state index contributed by atoms with van der Waals surface area (Å²) in [7, 11) is 1.70. The SMILES string of the molecule is CCCCN1C(=O)N(c2ccccc2)[C@@]2(C(=O)N(C)c3ccccc32)[C@]1(O)c1ccccc1. The molecule has 3 aromatic rings. The first-order valence-electron chi connectivity index (χ1n) is 11.3. The van der Waals surface area contributed by atoms with Crippen LogP contribution in [0.3, 0.4) is 0 Å². The predicted octanol–water partition coefficient (Wildman–Crippen LogP) is 4.45. The predicted molar refractivity (Wildman–Crippen MR) is 128 cm³/mol. The van der Waals surface area contributed by atoms with Gasteiger partial charge in [-0.15, -0.1) is 0 Å². The first kappa shape index (κ1) is 21.2. The van der Waals surface area contributed by atoms with Gasteiger partial charge in [0, 0.05) is 36.1 Å². The number of urea groups is 1. The van der Waals surface area contributed by atoms with Crippen LogP contribution in [0.1, 0.15) is 30.9 Å². The molecule has 0 aromatic heterocycles. The first-order chi connectivity index (χ1) is 16.0. The van der Waals surface area contributed by atoms with Crippen LogP contribution in [-0.2, 0) is 16.1 Å². The third-order valence-electron chi connectivity index (χ3n) is 6.85. The second-order valence-corrected chi connectivity index (χ2v) is 8.59. The number of rotatable bonds is 5. The van der Waals surface area contributed by atoms with Crippen LogP contribution in [0.15, 0.2) is 84.9 Å². The zero-order valence-electron chi connectivity index (χ0n) is 18.8. The summed E-state index contributed by atoms with van der Waals surface area (Å²) in [5, 5.41) is 12.8. The fourth-order valence-corrected chi connectivity index (χ4v) is 5.34. The van der Waals surface area contributed by atoms with Crippen LogP contribution in [0.25, 0.3) is 0 Å². The molecule has 0 aliphatic carbocycles. The van der Waals surface area contributed by atoms with Crippen molar-refractivity contribution in [3.8, 4) is 0 Å². The molecule has 6 nitrogen and oxygen atoms in total. The molecule has 3 aromatic carbocycles. The maximum absolute atomic E-state index is 14.3. The number of unbranched alkanes of at least 4 members (excludes halogenated alkanes) is 1. The van der Waals surface area contributed by atoms with E-state index in [2.05, 4.69) is 0 Å². The van der Waals surface area contributed by atoms with Crippen molar-refractivity contribution in [2.45, 2.75) is 31.0 Å². The molecule has 1 saturated heterocycles. The molecule has 0 unspecified atom stereocenters. The Labute approximate surface area is 193 Å². The van der Waals surface area contributed by atoms with Gasteiger partial charge in [-0.1, -0.05) is 80.1 Å². The first-order valence-corrected chi connectivity index (χ1v) is 11.3. The van der Waals surface area contributed by atoms with Gasteiger partial charge in [0.1, 0.15) is 0 Å². The summed E-state index contributed by atoms with van der Waals surface area (Å²) in [5.74, 6) is -0.341. The van der Waals surface area contributed by atoms with Gasteiger partial charge in [0.25, 0.3) is 5.91 Å². The fourth-order valence-electron chi connectivity index (χ4n) is 5.34. The molecular weight excluding hydrogens is 414 g/mol. The highest BCUT2D eigenvalue weighted by molar-refractivity contribution is 6.17. The molecule has 0 saturated carbocycles. The molecule has 0 bridgehead atoms. The third kappa shape index (κ3) is 2.64. The van der Waals surface area contributed by atoms with Gasteiger partial charge in [-0.05, 0) is 24.6 Å². The molecule has 5 rings (SSSR count).